The summed E-state index contributed by atoms with van der Waals surface area (Å²) in [6.07, 6.45) is 5.20. The highest BCUT2D eigenvalue weighted by atomic mass is 16.6. The Morgan fingerprint density at radius 1 is 0.500 bits per heavy atom. The maximum atomic E-state index is 11.8. The Kier molecular flexibility index (Phi) is 10.00. The topological polar surface area (TPSA) is 86.7 Å². The molecular weight excluding hydrogens is 384 g/mol. The molecule has 0 amide bonds. The lowest BCUT2D eigenvalue weighted by atomic mass is 10.1. The highest BCUT2D eigenvalue weighted by Crippen LogP contribution is 2.11. The first kappa shape index (κ1) is 23.0. The third-order valence-electron chi connectivity index (χ3n) is 4.44. The third kappa shape index (κ3) is 8.82. The van der Waals surface area contributed by atoms with Crippen LogP contribution in [0, 0.1) is 0 Å². The van der Waals surface area contributed by atoms with Gasteiger partial charge in [-0.1, -0.05) is 62.1 Å². The van der Waals surface area contributed by atoms with Crippen molar-refractivity contribution >= 4 is 23.9 Å². The minimum absolute atomic E-state index is 0.201. The maximum Gasteiger partial charge on any atom is 0.345 e. The van der Waals surface area contributed by atoms with Crippen molar-refractivity contribution in [2.45, 2.75) is 51.4 Å². The van der Waals surface area contributed by atoms with Crippen molar-refractivity contribution in [1.29, 1.82) is 0 Å². The first-order chi connectivity index (χ1) is 14.6. The monoisotopic (exact) mass is 410 g/mol. The Morgan fingerprint density at radius 2 is 0.833 bits per heavy atom. The number of hydrogen-bond donors (Lipinski definition) is 0. The Hall–Kier alpha value is -3.28. The summed E-state index contributed by atoms with van der Waals surface area (Å²) in [6, 6.07) is 16.8. The standard InChI is InChI=1S/C24H26O6/c25-21(29-23(27)19-13-7-5-8-14-19)17-11-3-1-2-4-12-18-22(26)30-24(28)20-15-9-6-10-16-20/h5-10,13-16H,1-4,11-12,17-18H2. The summed E-state index contributed by atoms with van der Waals surface area (Å²) in [5.74, 6) is -2.29. The molecule has 2 aromatic carbocycles. The van der Waals surface area contributed by atoms with Crippen LogP contribution in [-0.2, 0) is 19.1 Å². The van der Waals surface area contributed by atoms with Crippen LogP contribution in [0.5, 0.6) is 0 Å². The minimum atomic E-state index is -0.627. The highest BCUT2D eigenvalue weighted by molar-refractivity contribution is 5.97. The molecule has 0 heterocycles. The molecule has 0 aliphatic carbocycles. The Labute approximate surface area is 176 Å². The number of hydrogen-bond acceptors (Lipinski definition) is 6. The number of benzene rings is 2. The number of carbonyl (C=O) groups excluding carboxylic acids is 4. The van der Waals surface area contributed by atoms with Crippen LogP contribution in [0.15, 0.2) is 60.7 Å². The van der Waals surface area contributed by atoms with Crippen molar-refractivity contribution in [3.63, 3.8) is 0 Å². The largest absolute Gasteiger partial charge is 0.389 e. The Morgan fingerprint density at radius 3 is 1.20 bits per heavy atom. The van der Waals surface area contributed by atoms with Crippen LogP contribution < -0.4 is 0 Å². The van der Waals surface area contributed by atoms with E-state index in [9.17, 15) is 19.2 Å². The third-order valence-corrected chi connectivity index (χ3v) is 4.44. The number of ether oxygens (including phenoxy) is 2. The van der Waals surface area contributed by atoms with Crippen LogP contribution in [0.25, 0.3) is 0 Å². The van der Waals surface area contributed by atoms with E-state index in [0.29, 0.717) is 24.0 Å². The maximum absolute atomic E-state index is 11.8. The molecule has 0 atom stereocenters. The van der Waals surface area contributed by atoms with Crippen molar-refractivity contribution in [3.05, 3.63) is 71.8 Å². The zero-order valence-corrected chi connectivity index (χ0v) is 16.9. The molecule has 158 valence electrons. The van der Waals surface area contributed by atoms with E-state index in [1.54, 1.807) is 60.7 Å². The van der Waals surface area contributed by atoms with Crippen molar-refractivity contribution < 1.29 is 28.7 Å². The number of carbonyl (C=O) groups is 4. The van der Waals surface area contributed by atoms with Gasteiger partial charge in [0.2, 0.25) is 0 Å². The lowest BCUT2D eigenvalue weighted by molar-refractivity contribution is -0.139. The van der Waals surface area contributed by atoms with Gasteiger partial charge in [-0.3, -0.25) is 9.59 Å². The summed E-state index contributed by atoms with van der Waals surface area (Å²) in [6.45, 7) is 0. The van der Waals surface area contributed by atoms with E-state index < -0.39 is 23.9 Å². The van der Waals surface area contributed by atoms with E-state index in [-0.39, 0.29) is 12.8 Å². The first-order valence-corrected chi connectivity index (χ1v) is 10.2. The zero-order chi connectivity index (χ0) is 21.6. The fourth-order valence-corrected chi connectivity index (χ4v) is 2.82. The summed E-state index contributed by atoms with van der Waals surface area (Å²) in [5, 5.41) is 0. The fraction of sp³-hybridized carbons (Fsp3) is 0.333. The minimum Gasteiger partial charge on any atom is -0.389 e. The number of unbranched alkanes of at least 4 members (excludes halogenated alkanes) is 5. The second kappa shape index (κ2) is 13.0. The van der Waals surface area contributed by atoms with Gasteiger partial charge in [0.05, 0.1) is 11.1 Å². The molecule has 2 rings (SSSR count). The van der Waals surface area contributed by atoms with Crippen molar-refractivity contribution in [2.75, 3.05) is 0 Å². The average Bonchev–Trinajstić information content (AvgIpc) is 2.76. The van der Waals surface area contributed by atoms with Gasteiger partial charge < -0.3 is 9.47 Å². The second-order valence-corrected chi connectivity index (χ2v) is 6.88. The molecule has 0 saturated heterocycles. The molecule has 2 aromatic rings. The molecule has 0 aromatic heterocycles. The number of rotatable bonds is 11. The molecule has 0 aliphatic rings. The zero-order valence-electron chi connectivity index (χ0n) is 16.9. The van der Waals surface area contributed by atoms with Gasteiger partial charge in [-0.05, 0) is 37.1 Å². The molecule has 0 N–H and O–H groups in total. The molecule has 30 heavy (non-hydrogen) atoms. The SMILES string of the molecule is O=C(CCCCCCCCC(=O)OC(=O)c1ccccc1)OC(=O)c1ccccc1. The van der Waals surface area contributed by atoms with Gasteiger partial charge in [-0.25, -0.2) is 9.59 Å². The lowest BCUT2D eigenvalue weighted by Crippen LogP contribution is -2.12. The normalized spacial score (nSPS) is 10.3. The van der Waals surface area contributed by atoms with E-state index in [0.717, 1.165) is 25.7 Å². The van der Waals surface area contributed by atoms with Gasteiger partial charge in [-0.15, -0.1) is 0 Å². The van der Waals surface area contributed by atoms with Gasteiger partial charge in [0.25, 0.3) is 0 Å². The summed E-state index contributed by atoms with van der Waals surface area (Å²) >= 11 is 0. The van der Waals surface area contributed by atoms with Crippen LogP contribution in [0.3, 0.4) is 0 Å². The van der Waals surface area contributed by atoms with Crippen LogP contribution >= 0.6 is 0 Å². The molecule has 0 fully saturated rings. The summed E-state index contributed by atoms with van der Waals surface area (Å²) in [5.41, 5.74) is 0.713. The Balaban J connectivity index is 1.47. The van der Waals surface area contributed by atoms with E-state index in [4.69, 9.17) is 9.47 Å². The van der Waals surface area contributed by atoms with Crippen LogP contribution in [0.2, 0.25) is 0 Å². The highest BCUT2D eigenvalue weighted by Gasteiger charge is 2.13. The van der Waals surface area contributed by atoms with Gasteiger partial charge in [-0.2, -0.15) is 0 Å². The van der Waals surface area contributed by atoms with E-state index in [1.807, 2.05) is 0 Å². The quantitative estimate of drug-likeness (QED) is 0.298. The molecular formula is C24H26O6. The predicted octanol–water partition coefficient (Wildman–Crippen LogP) is 4.87. The second-order valence-electron chi connectivity index (χ2n) is 6.88. The lowest BCUT2D eigenvalue weighted by Gasteiger charge is -2.04. The molecule has 0 radical (unpaired) electrons. The molecule has 6 nitrogen and oxygen atoms in total. The smallest absolute Gasteiger partial charge is 0.345 e. The van der Waals surface area contributed by atoms with E-state index in [2.05, 4.69) is 0 Å². The number of esters is 4. The van der Waals surface area contributed by atoms with Crippen LogP contribution in [0.1, 0.15) is 72.1 Å². The first-order valence-electron chi connectivity index (χ1n) is 10.2. The molecule has 0 spiro atoms. The molecule has 0 saturated carbocycles. The van der Waals surface area contributed by atoms with Crippen molar-refractivity contribution in [3.8, 4) is 0 Å². The molecule has 0 bridgehead atoms. The summed E-state index contributed by atoms with van der Waals surface area (Å²) in [4.78, 5) is 46.9. The fourth-order valence-electron chi connectivity index (χ4n) is 2.82. The van der Waals surface area contributed by atoms with Gasteiger partial charge >= 0.3 is 23.9 Å². The van der Waals surface area contributed by atoms with Crippen LogP contribution in [-0.4, -0.2) is 23.9 Å². The molecule has 0 unspecified atom stereocenters. The molecule has 6 heteroatoms. The predicted molar refractivity (Wildman–Crippen MR) is 111 cm³/mol. The van der Waals surface area contributed by atoms with Crippen molar-refractivity contribution in [1.82, 2.24) is 0 Å². The Bertz CT molecular complexity index is 758. The summed E-state index contributed by atoms with van der Waals surface area (Å²) < 4.78 is 9.63. The van der Waals surface area contributed by atoms with Gasteiger partial charge in [0.15, 0.2) is 0 Å². The van der Waals surface area contributed by atoms with E-state index >= 15 is 0 Å². The summed E-state index contributed by atoms with van der Waals surface area (Å²) in [7, 11) is 0. The average molecular weight is 410 g/mol. The van der Waals surface area contributed by atoms with E-state index in [1.165, 1.54) is 0 Å². The van der Waals surface area contributed by atoms with Crippen molar-refractivity contribution in [2.24, 2.45) is 0 Å². The van der Waals surface area contributed by atoms with Crippen LogP contribution in [0.4, 0.5) is 0 Å². The molecule has 0 aliphatic heterocycles. The van der Waals surface area contributed by atoms with Gasteiger partial charge in [0, 0.05) is 12.8 Å². The van der Waals surface area contributed by atoms with Gasteiger partial charge in [0.1, 0.15) is 0 Å².